The second kappa shape index (κ2) is 5.63. The van der Waals surface area contributed by atoms with Crippen molar-refractivity contribution in [3.63, 3.8) is 0 Å². The van der Waals surface area contributed by atoms with Crippen LogP contribution in [0.4, 0.5) is 0 Å². The summed E-state index contributed by atoms with van der Waals surface area (Å²) in [5, 5.41) is 0. The van der Waals surface area contributed by atoms with Crippen molar-refractivity contribution in [1.29, 1.82) is 0 Å². The summed E-state index contributed by atoms with van der Waals surface area (Å²) in [6.07, 6.45) is 0. The Kier molecular flexibility index (Phi) is 4.73. The first-order chi connectivity index (χ1) is 7.46. The number of nitrogens with two attached hydrogens (primary N) is 1. The molecule has 1 unspecified atom stereocenters. The highest BCUT2D eigenvalue weighted by Crippen LogP contribution is 2.26. The van der Waals surface area contributed by atoms with Crippen LogP contribution in [0.5, 0.6) is 0 Å². The molecule has 1 aromatic rings. The van der Waals surface area contributed by atoms with Gasteiger partial charge >= 0.3 is 5.97 Å². The average molecular weight is 333 g/mol. The molecule has 16 heavy (non-hydrogen) atoms. The molecule has 0 radical (unpaired) electrons. The Labute approximate surface area is 109 Å². The molecule has 0 aromatic heterocycles. The molecule has 1 atom stereocenters. The highest BCUT2D eigenvalue weighted by molar-refractivity contribution is 14.1. The maximum absolute atomic E-state index is 11.8. The molecule has 3 nitrogen and oxygen atoms in total. The van der Waals surface area contributed by atoms with E-state index >= 15 is 0 Å². The van der Waals surface area contributed by atoms with Crippen molar-refractivity contribution in [2.45, 2.75) is 23.4 Å². The normalized spacial score (nSPS) is 13.2. The molecular formula is C12H16INO2. The van der Waals surface area contributed by atoms with Crippen LogP contribution in [0, 0.1) is 0 Å². The lowest BCUT2D eigenvalue weighted by molar-refractivity contribution is -0.154. The first-order valence-corrected chi connectivity index (χ1v) is 6.33. The van der Waals surface area contributed by atoms with Crippen molar-refractivity contribution in [2.75, 3.05) is 6.54 Å². The molecule has 0 bridgehead atoms. The van der Waals surface area contributed by atoms with E-state index in [-0.39, 0.29) is 9.89 Å². The molecule has 0 fully saturated rings. The predicted octanol–water partition coefficient (Wildman–Crippen LogP) is 2.44. The number of rotatable bonds is 4. The van der Waals surface area contributed by atoms with E-state index in [0.717, 1.165) is 5.56 Å². The van der Waals surface area contributed by atoms with E-state index in [1.54, 1.807) is 13.8 Å². The van der Waals surface area contributed by atoms with Gasteiger partial charge in [0.25, 0.3) is 0 Å². The molecule has 0 spiro atoms. The minimum Gasteiger partial charge on any atom is -0.457 e. The van der Waals surface area contributed by atoms with Gasteiger partial charge in [-0.3, -0.25) is 4.79 Å². The molecule has 1 rings (SSSR count). The molecule has 0 heterocycles. The topological polar surface area (TPSA) is 52.3 Å². The summed E-state index contributed by atoms with van der Waals surface area (Å²) in [6, 6.07) is 9.55. The van der Waals surface area contributed by atoms with Gasteiger partial charge in [0.1, 0.15) is 9.53 Å². The third kappa shape index (κ3) is 3.75. The fourth-order valence-corrected chi connectivity index (χ4v) is 1.67. The summed E-state index contributed by atoms with van der Waals surface area (Å²) in [6.45, 7) is 3.93. The molecular weight excluding hydrogens is 317 g/mol. The first-order valence-electron chi connectivity index (χ1n) is 5.08. The number of alkyl halides is 1. The van der Waals surface area contributed by atoms with Gasteiger partial charge in [0.2, 0.25) is 0 Å². The van der Waals surface area contributed by atoms with E-state index in [0.29, 0.717) is 6.54 Å². The third-order valence-electron chi connectivity index (χ3n) is 2.17. The summed E-state index contributed by atoms with van der Waals surface area (Å²) < 4.78 is 5.04. The van der Waals surface area contributed by atoms with E-state index in [9.17, 15) is 4.79 Å². The lowest BCUT2D eigenvalue weighted by Gasteiger charge is -2.24. The minimum absolute atomic E-state index is 0.248. The third-order valence-corrected chi connectivity index (χ3v) is 3.40. The van der Waals surface area contributed by atoms with Crippen LogP contribution in [0.15, 0.2) is 30.3 Å². The van der Waals surface area contributed by atoms with Crippen LogP contribution < -0.4 is 5.73 Å². The molecule has 2 N–H and O–H groups in total. The smallest absolute Gasteiger partial charge is 0.324 e. The Morgan fingerprint density at radius 1 is 1.44 bits per heavy atom. The van der Waals surface area contributed by atoms with Crippen molar-refractivity contribution in [1.82, 2.24) is 0 Å². The van der Waals surface area contributed by atoms with Gasteiger partial charge in [-0.15, -0.1) is 0 Å². The van der Waals surface area contributed by atoms with Crippen molar-refractivity contribution in [3.05, 3.63) is 35.9 Å². The van der Waals surface area contributed by atoms with Gasteiger partial charge < -0.3 is 10.5 Å². The monoisotopic (exact) mass is 333 g/mol. The van der Waals surface area contributed by atoms with Crippen molar-refractivity contribution in [2.24, 2.45) is 5.73 Å². The fraction of sp³-hybridized carbons (Fsp3) is 0.417. The number of halogens is 1. The highest BCUT2D eigenvalue weighted by Gasteiger charge is 2.26. The fourth-order valence-electron chi connectivity index (χ4n) is 1.12. The van der Waals surface area contributed by atoms with Crippen LogP contribution in [0.1, 0.15) is 23.3 Å². The van der Waals surface area contributed by atoms with Crippen LogP contribution in [0.25, 0.3) is 0 Å². The van der Waals surface area contributed by atoms with E-state index in [1.165, 1.54) is 0 Å². The molecule has 0 aliphatic heterocycles. The molecule has 0 saturated heterocycles. The predicted molar refractivity (Wildman–Crippen MR) is 72.4 cm³/mol. The van der Waals surface area contributed by atoms with Crippen molar-refractivity contribution >= 4 is 28.6 Å². The molecule has 4 heteroatoms. The standard InChI is InChI=1S/C12H16INO2/c1-12(2,8-14)16-11(15)10(13)9-6-4-3-5-7-9/h3-7,10H,8,14H2,1-2H3. The van der Waals surface area contributed by atoms with Crippen LogP contribution in [0.2, 0.25) is 0 Å². The Bertz CT molecular complexity index is 351. The first kappa shape index (κ1) is 13.4. The number of esters is 1. The van der Waals surface area contributed by atoms with Crippen LogP contribution in [-0.4, -0.2) is 18.1 Å². The Balaban J connectivity index is 2.69. The zero-order valence-corrected chi connectivity index (χ0v) is 11.6. The molecule has 88 valence electrons. The van der Waals surface area contributed by atoms with Gasteiger partial charge in [0, 0.05) is 6.54 Å². The van der Waals surface area contributed by atoms with E-state index in [2.05, 4.69) is 22.6 Å². The quantitative estimate of drug-likeness (QED) is 0.523. The Morgan fingerprint density at radius 2 is 2.00 bits per heavy atom. The van der Waals surface area contributed by atoms with Crippen LogP contribution in [-0.2, 0) is 9.53 Å². The Hall–Kier alpha value is -0.620. The molecule has 1 aromatic carbocycles. The highest BCUT2D eigenvalue weighted by atomic mass is 127. The largest absolute Gasteiger partial charge is 0.457 e. The molecule has 0 aliphatic rings. The SMILES string of the molecule is CC(C)(CN)OC(=O)C(I)c1ccccc1. The van der Waals surface area contributed by atoms with Gasteiger partial charge in [-0.1, -0.05) is 52.9 Å². The van der Waals surface area contributed by atoms with Crippen LogP contribution >= 0.6 is 22.6 Å². The number of hydrogen-bond donors (Lipinski definition) is 1. The maximum atomic E-state index is 11.8. The van der Waals surface area contributed by atoms with Gasteiger partial charge in [-0.05, 0) is 19.4 Å². The summed E-state index contributed by atoms with van der Waals surface area (Å²) in [7, 11) is 0. The molecule has 0 saturated carbocycles. The van der Waals surface area contributed by atoms with E-state index in [1.807, 2.05) is 30.3 Å². The van der Waals surface area contributed by atoms with Gasteiger partial charge in [-0.25, -0.2) is 0 Å². The van der Waals surface area contributed by atoms with Gasteiger partial charge in [0.05, 0.1) is 0 Å². The van der Waals surface area contributed by atoms with Crippen molar-refractivity contribution in [3.8, 4) is 0 Å². The molecule has 0 aliphatic carbocycles. The number of carbonyl (C=O) groups excluding carboxylic acids is 1. The summed E-state index contributed by atoms with van der Waals surface area (Å²) in [4.78, 5) is 11.8. The minimum atomic E-state index is -0.602. The van der Waals surface area contributed by atoms with Crippen molar-refractivity contribution < 1.29 is 9.53 Å². The van der Waals surface area contributed by atoms with Gasteiger partial charge in [0.15, 0.2) is 0 Å². The molecule has 0 amide bonds. The van der Waals surface area contributed by atoms with Crippen LogP contribution in [0.3, 0.4) is 0 Å². The van der Waals surface area contributed by atoms with E-state index in [4.69, 9.17) is 10.5 Å². The number of hydrogen-bond acceptors (Lipinski definition) is 3. The zero-order valence-electron chi connectivity index (χ0n) is 9.44. The number of carbonyl (C=O) groups is 1. The second-order valence-electron chi connectivity index (χ2n) is 4.16. The number of ether oxygens (including phenoxy) is 1. The summed E-state index contributed by atoms with van der Waals surface area (Å²) >= 11 is 2.07. The lowest BCUT2D eigenvalue weighted by Crippen LogP contribution is -2.37. The summed E-state index contributed by atoms with van der Waals surface area (Å²) in [5.74, 6) is -0.248. The van der Waals surface area contributed by atoms with Gasteiger partial charge in [-0.2, -0.15) is 0 Å². The number of benzene rings is 1. The lowest BCUT2D eigenvalue weighted by atomic mass is 10.1. The Morgan fingerprint density at radius 3 is 2.50 bits per heavy atom. The second-order valence-corrected chi connectivity index (χ2v) is 5.40. The van der Waals surface area contributed by atoms with E-state index < -0.39 is 5.60 Å². The average Bonchev–Trinajstić information content (AvgIpc) is 2.28. The zero-order chi connectivity index (χ0) is 12.2. The summed E-state index contributed by atoms with van der Waals surface area (Å²) in [5.41, 5.74) is 5.86. The maximum Gasteiger partial charge on any atom is 0.324 e.